The van der Waals surface area contributed by atoms with Crippen molar-refractivity contribution in [1.29, 1.82) is 5.26 Å². The number of rotatable bonds is 5. The van der Waals surface area contributed by atoms with Crippen LogP contribution in [0, 0.1) is 11.3 Å². The van der Waals surface area contributed by atoms with Gasteiger partial charge < -0.3 is 14.8 Å². The number of halogens is 3. The summed E-state index contributed by atoms with van der Waals surface area (Å²) in [6.45, 7) is -0.473. The fourth-order valence-corrected chi connectivity index (χ4v) is 1.80. The van der Waals surface area contributed by atoms with Crippen molar-refractivity contribution in [3.8, 4) is 17.6 Å². The van der Waals surface area contributed by atoms with Gasteiger partial charge in [0.25, 0.3) is 5.91 Å². The lowest BCUT2D eigenvalue weighted by Gasteiger charge is -2.14. The highest BCUT2D eigenvalue weighted by atomic mass is 19.4. The monoisotopic (exact) mass is 336 g/mol. The third-order valence-electron chi connectivity index (χ3n) is 2.75. The van der Waals surface area contributed by atoms with Crippen LogP contribution in [0.5, 0.6) is 11.5 Å². The first-order chi connectivity index (χ1) is 11.4. The van der Waals surface area contributed by atoms with E-state index in [1.807, 2.05) is 6.07 Å². The summed E-state index contributed by atoms with van der Waals surface area (Å²) in [6.07, 6.45) is -4.87. The van der Waals surface area contributed by atoms with Crippen molar-refractivity contribution in [2.45, 2.75) is 6.36 Å². The van der Waals surface area contributed by atoms with Crippen LogP contribution in [0.1, 0.15) is 5.56 Å². The Kier molecular flexibility index (Phi) is 5.27. The Hall–Kier alpha value is -3.21. The van der Waals surface area contributed by atoms with Crippen molar-refractivity contribution in [3.63, 3.8) is 0 Å². The van der Waals surface area contributed by atoms with Crippen LogP contribution < -0.4 is 14.8 Å². The van der Waals surface area contributed by atoms with E-state index < -0.39 is 24.6 Å². The van der Waals surface area contributed by atoms with Gasteiger partial charge in [-0.3, -0.25) is 4.79 Å². The molecule has 0 aliphatic carbocycles. The number of nitrogens with one attached hydrogen (secondary N) is 1. The molecule has 0 bridgehead atoms. The second kappa shape index (κ2) is 7.37. The summed E-state index contributed by atoms with van der Waals surface area (Å²) in [6, 6.07) is 13.3. The van der Waals surface area contributed by atoms with Crippen LogP contribution in [0.4, 0.5) is 18.9 Å². The minimum Gasteiger partial charge on any atom is -0.482 e. The third kappa shape index (κ3) is 4.91. The average molecular weight is 336 g/mol. The van der Waals surface area contributed by atoms with Gasteiger partial charge in [0.1, 0.15) is 11.8 Å². The molecule has 2 rings (SSSR count). The average Bonchev–Trinajstić information content (AvgIpc) is 2.53. The zero-order valence-corrected chi connectivity index (χ0v) is 12.1. The van der Waals surface area contributed by atoms with E-state index in [1.54, 1.807) is 12.1 Å². The zero-order chi connectivity index (χ0) is 17.6. The maximum atomic E-state index is 12.3. The minimum absolute atomic E-state index is 0.142. The van der Waals surface area contributed by atoms with Gasteiger partial charge in [0.05, 0.1) is 11.3 Å². The van der Waals surface area contributed by atoms with Gasteiger partial charge >= 0.3 is 6.36 Å². The molecule has 1 amide bonds. The Morgan fingerprint density at radius 3 is 2.38 bits per heavy atom. The molecule has 5 nitrogen and oxygen atoms in total. The second-order valence-corrected chi connectivity index (χ2v) is 4.49. The summed E-state index contributed by atoms with van der Waals surface area (Å²) in [5.74, 6) is -1.02. The van der Waals surface area contributed by atoms with Crippen molar-refractivity contribution in [2.24, 2.45) is 0 Å². The number of amides is 1. The van der Waals surface area contributed by atoms with Crippen LogP contribution in [-0.2, 0) is 4.79 Å². The van der Waals surface area contributed by atoms with E-state index in [0.717, 1.165) is 6.07 Å². The van der Waals surface area contributed by atoms with Crippen LogP contribution in [0.3, 0.4) is 0 Å². The highest BCUT2D eigenvalue weighted by Gasteiger charge is 2.32. The first-order valence-corrected chi connectivity index (χ1v) is 6.65. The Balaban J connectivity index is 2.02. The van der Waals surface area contributed by atoms with Gasteiger partial charge in [-0.2, -0.15) is 5.26 Å². The molecule has 0 atom stereocenters. The summed E-state index contributed by atoms with van der Waals surface area (Å²) < 4.78 is 46.0. The normalized spacial score (nSPS) is 10.6. The highest BCUT2D eigenvalue weighted by Crippen LogP contribution is 2.29. The van der Waals surface area contributed by atoms with Gasteiger partial charge in [-0.25, -0.2) is 0 Å². The molecule has 0 unspecified atom stereocenters. The maximum Gasteiger partial charge on any atom is 0.573 e. The lowest BCUT2D eigenvalue weighted by molar-refractivity contribution is -0.274. The standard InChI is InChI=1S/C16H11F3N2O3/c17-16(18,19)24-14-8-4-2-6-12(14)21-15(22)10-23-13-7-3-1-5-11(13)9-20/h1-8H,10H2,(H,21,22). The van der Waals surface area contributed by atoms with Crippen LogP contribution in [0.2, 0.25) is 0 Å². The van der Waals surface area contributed by atoms with Gasteiger partial charge in [-0.15, -0.1) is 13.2 Å². The number of anilines is 1. The molecule has 2 aromatic rings. The maximum absolute atomic E-state index is 12.3. The number of ether oxygens (including phenoxy) is 2. The topological polar surface area (TPSA) is 71.3 Å². The van der Waals surface area contributed by atoms with Crippen molar-refractivity contribution in [1.82, 2.24) is 0 Å². The molecule has 0 aliphatic rings. The predicted octanol–water partition coefficient (Wildman–Crippen LogP) is 3.47. The fraction of sp³-hybridized carbons (Fsp3) is 0.125. The number of nitriles is 1. The number of carbonyl (C=O) groups excluding carboxylic acids is 1. The predicted molar refractivity (Wildman–Crippen MR) is 78.4 cm³/mol. The number of nitrogens with zero attached hydrogens (tertiary/aromatic N) is 1. The summed E-state index contributed by atoms with van der Waals surface area (Å²) in [7, 11) is 0. The Bertz CT molecular complexity index is 770. The second-order valence-electron chi connectivity index (χ2n) is 4.49. The van der Waals surface area contributed by atoms with Gasteiger partial charge in [0, 0.05) is 0 Å². The Labute approximate surface area is 135 Å². The van der Waals surface area contributed by atoms with Gasteiger partial charge in [0.2, 0.25) is 0 Å². The molecular weight excluding hydrogens is 325 g/mol. The van der Waals surface area contributed by atoms with Crippen molar-refractivity contribution in [3.05, 3.63) is 54.1 Å². The van der Waals surface area contributed by atoms with E-state index in [4.69, 9.17) is 10.00 Å². The molecule has 0 saturated carbocycles. The zero-order valence-electron chi connectivity index (χ0n) is 12.1. The van der Waals surface area contributed by atoms with E-state index in [1.165, 1.54) is 30.3 Å². The molecule has 0 saturated heterocycles. The first kappa shape index (κ1) is 17.1. The molecule has 0 aliphatic heterocycles. The first-order valence-electron chi connectivity index (χ1n) is 6.65. The van der Waals surface area contributed by atoms with Crippen LogP contribution in [0.15, 0.2) is 48.5 Å². The summed E-state index contributed by atoms with van der Waals surface area (Å²) >= 11 is 0. The third-order valence-corrected chi connectivity index (χ3v) is 2.75. The molecule has 24 heavy (non-hydrogen) atoms. The minimum atomic E-state index is -4.87. The molecule has 2 aromatic carbocycles. The number of carbonyl (C=O) groups is 1. The lowest BCUT2D eigenvalue weighted by atomic mass is 10.2. The Morgan fingerprint density at radius 1 is 1.08 bits per heavy atom. The molecule has 0 heterocycles. The summed E-state index contributed by atoms with van der Waals surface area (Å²) in [5, 5.41) is 11.2. The molecule has 0 fully saturated rings. The van der Waals surface area contributed by atoms with Crippen molar-refractivity contribution >= 4 is 11.6 Å². The van der Waals surface area contributed by atoms with E-state index in [0.29, 0.717) is 0 Å². The fourth-order valence-electron chi connectivity index (χ4n) is 1.80. The van der Waals surface area contributed by atoms with Crippen molar-refractivity contribution in [2.75, 3.05) is 11.9 Å². The molecule has 0 radical (unpaired) electrons. The number of hydrogen-bond donors (Lipinski definition) is 1. The smallest absolute Gasteiger partial charge is 0.482 e. The largest absolute Gasteiger partial charge is 0.573 e. The lowest BCUT2D eigenvalue weighted by Crippen LogP contribution is -2.22. The van der Waals surface area contributed by atoms with E-state index in [-0.39, 0.29) is 17.0 Å². The van der Waals surface area contributed by atoms with E-state index >= 15 is 0 Å². The Morgan fingerprint density at radius 2 is 1.71 bits per heavy atom. The van der Waals surface area contributed by atoms with Gasteiger partial charge in [-0.1, -0.05) is 24.3 Å². The number of hydrogen-bond acceptors (Lipinski definition) is 4. The summed E-state index contributed by atoms with van der Waals surface area (Å²) in [5.41, 5.74) is 0.100. The van der Waals surface area contributed by atoms with E-state index in [9.17, 15) is 18.0 Å². The molecule has 1 N–H and O–H groups in total. The van der Waals surface area contributed by atoms with Crippen LogP contribution in [-0.4, -0.2) is 18.9 Å². The molecule has 0 spiro atoms. The van der Waals surface area contributed by atoms with Gasteiger partial charge in [0.15, 0.2) is 12.4 Å². The van der Waals surface area contributed by atoms with Crippen molar-refractivity contribution < 1.29 is 27.4 Å². The van der Waals surface area contributed by atoms with Gasteiger partial charge in [-0.05, 0) is 24.3 Å². The molecule has 124 valence electrons. The number of benzene rings is 2. The molecule has 8 heteroatoms. The number of alkyl halides is 3. The molecule has 0 aromatic heterocycles. The quantitative estimate of drug-likeness (QED) is 0.907. The summed E-state index contributed by atoms with van der Waals surface area (Å²) in [4.78, 5) is 11.8. The highest BCUT2D eigenvalue weighted by molar-refractivity contribution is 5.93. The van der Waals surface area contributed by atoms with E-state index in [2.05, 4.69) is 10.1 Å². The van der Waals surface area contributed by atoms with Crippen LogP contribution in [0.25, 0.3) is 0 Å². The number of para-hydroxylation sites is 3. The SMILES string of the molecule is N#Cc1ccccc1OCC(=O)Nc1ccccc1OC(F)(F)F. The molecular formula is C16H11F3N2O3. The van der Waals surface area contributed by atoms with Crippen LogP contribution >= 0.6 is 0 Å².